The van der Waals surface area contributed by atoms with Gasteiger partial charge in [0, 0.05) is 22.5 Å². The van der Waals surface area contributed by atoms with Crippen molar-refractivity contribution in [2.24, 2.45) is 16.5 Å². The van der Waals surface area contributed by atoms with Crippen LogP contribution in [0, 0.1) is 0 Å². The summed E-state index contributed by atoms with van der Waals surface area (Å²) in [5.41, 5.74) is 10.8. The number of aliphatic carboxylic acids is 2. The van der Waals surface area contributed by atoms with Gasteiger partial charge >= 0.3 is 11.9 Å². The molecule has 0 radical (unpaired) electrons. The maximum atomic E-state index is 12.3. The van der Waals surface area contributed by atoms with E-state index in [-0.39, 0.29) is 17.3 Å². The largest absolute Gasteiger partial charge is 0.481 e. The molecule has 0 saturated carbocycles. The lowest BCUT2D eigenvalue weighted by molar-refractivity contribution is -0.145. The first-order chi connectivity index (χ1) is 12.2. The molecule has 1 aromatic carbocycles. The number of hydrogen-bond donors (Lipinski definition) is 5. The Morgan fingerprint density at radius 3 is 2.50 bits per heavy atom. The summed E-state index contributed by atoms with van der Waals surface area (Å²) in [7, 11) is 0. The number of carboxylic acids is 2. The van der Waals surface area contributed by atoms with Crippen molar-refractivity contribution < 1.29 is 24.6 Å². The summed E-state index contributed by atoms with van der Waals surface area (Å²) in [4.78, 5) is 41.9. The minimum Gasteiger partial charge on any atom is -0.481 e. The van der Waals surface area contributed by atoms with Gasteiger partial charge in [-0.1, -0.05) is 17.7 Å². The molecule has 26 heavy (non-hydrogen) atoms. The van der Waals surface area contributed by atoms with Gasteiger partial charge < -0.3 is 27.0 Å². The third-order valence-electron chi connectivity index (χ3n) is 3.30. The maximum absolute atomic E-state index is 12.3. The number of aromatic nitrogens is 1. The number of nitrogens with two attached hydrogens (primary N) is 2. The molecule has 2 aromatic rings. The molecule has 0 aliphatic heterocycles. The van der Waals surface area contributed by atoms with Crippen molar-refractivity contribution >= 4 is 52.0 Å². The fraction of sp³-hybridized carbons (Fsp3) is 0.133. The van der Waals surface area contributed by atoms with Gasteiger partial charge in [-0.25, -0.2) is 9.78 Å². The number of guanidine groups is 1. The van der Waals surface area contributed by atoms with Crippen molar-refractivity contribution in [2.75, 3.05) is 0 Å². The predicted molar refractivity (Wildman–Crippen MR) is 93.4 cm³/mol. The molecule has 1 aromatic heterocycles. The molecule has 0 spiro atoms. The summed E-state index contributed by atoms with van der Waals surface area (Å²) in [6.07, 6.45) is 0.583. The Balaban J connectivity index is 2.43. The first-order valence-electron chi connectivity index (χ1n) is 7.12. The summed E-state index contributed by atoms with van der Waals surface area (Å²) in [6.45, 7) is 0. The molecule has 0 unspecified atom stereocenters. The molecule has 1 amide bonds. The second-order valence-corrected chi connectivity index (χ2v) is 5.60. The number of benzene rings is 1. The van der Waals surface area contributed by atoms with Crippen LogP contribution in [0.3, 0.4) is 0 Å². The summed E-state index contributed by atoms with van der Waals surface area (Å²) in [5.74, 6) is -3.73. The lowest BCUT2D eigenvalue weighted by Gasteiger charge is -2.13. The Labute approximate surface area is 151 Å². The lowest BCUT2D eigenvalue weighted by atomic mass is 10.1. The zero-order valence-corrected chi connectivity index (χ0v) is 13.9. The summed E-state index contributed by atoms with van der Waals surface area (Å²) in [6, 6.07) is 2.73. The number of fused-ring (bicyclic) bond motifs is 1. The number of nitrogens with one attached hydrogen (secondary N) is 1. The fourth-order valence-corrected chi connectivity index (χ4v) is 2.38. The van der Waals surface area contributed by atoms with E-state index in [9.17, 15) is 14.4 Å². The van der Waals surface area contributed by atoms with Crippen molar-refractivity contribution in [1.29, 1.82) is 0 Å². The van der Waals surface area contributed by atoms with Crippen LogP contribution in [0.5, 0.6) is 0 Å². The second kappa shape index (κ2) is 7.66. The number of carbonyl (C=O) groups excluding carboxylic acids is 1. The molecule has 0 aliphatic carbocycles. The number of carbonyl (C=O) groups is 3. The molecule has 11 heteroatoms. The highest BCUT2D eigenvalue weighted by Gasteiger charge is 2.24. The number of aliphatic imine (C=N–C) groups is 1. The summed E-state index contributed by atoms with van der Waals surface area (Å²) in [5, 5.41) is 21.1. The van der Waals surface area contributed by atoms with Crippen LogP contribution in [0.1, 0.15) is 16.8 Å². The Kier molecular flexibility index (Phi) is 5.58. The minimum absolute atomic E-state index is 0.0604. The lowest BCUT2D eigenvalue weighted by Crippen LogP contribution is -2.42. The van der Waals surface area contributed by atoms with E-state index < -0.39 is 30.3 Å². The molecule has 1 heterocycles. The Morgan fingerprint density at radius 1 is 1.23 bits per heavy atom. The van der Waals surface area contributed by atoms with Crippen molar-refractivity contribution in [1.82, 2.24) is 10.3 Å². The summed E-state index contributed by atoms with van der Waals surface area (Å²) < 4.78 is 0. The molecule has 0 fully saturated rings. The van der Waals surface area contributed by atoms with Crippen LogP contribution in [-0.2, 0) is 9.59 Å². The van der Waals surface area contributed by atoms with Crippen LogP contribution in [-0.4, -0.2) is 45.0 Å². The first-order valence-corrected chi connectivity index (χ1v) is 7.50. The third kappa shape index (κ3) is 4.36. The van der Waals surface area contributed by atoms with Crippen molar-refractivity contribution in [2.45, 2.75) is 12.5 Å². The van der Waals surface area contributed by atoms with Gasteiger partial charge in [0.05, 0.1) is 11.4 Å². The number of hydrogen-bond acceptors (Lipinski definition) is 5. The number of amides is 1. The predicted octanol–water partition coefficient (Wildman–Crippen LogP) is 0.451. The molecular weight excluding hydrogens is 366 g/mol. The average molecular weight is 380 g/mol. The fourth-order valence-electron chi connectivity index (χ4n) is 2.16. The third-order valence-corrected chi connectivity index (χ3v) is 3.60. The van der Waals surface area contributed by atoms with E-state index >= 15 is 0 Å². The summed E-state index contributed by atoms with van der Waals surface area (Å²) >= 11 is 6.06. The van der Waals surface area contributed by atoms with E-state index in [2.05, 4.69) is 15.3 Å². The quantitative estimate of drug-likeness (QED) is 0.354. The number of pyridine rings is 1. The van der Waals surface area contributed by atoms with E-state index in [0.29, 0.717) is 15.8 Å². The normalized spacial score (nSPS) is 11.6. The number of nitrogens with zero attached hydrogens (tertiary/aromatic N) is 2. The monoisotopic (exact) mass is 379 g/mol. The van der Waals surface area contributed by atoms with Gasteiger partial charge in [0.25, 0.3) is 5.91 Å². The molecule has 1 atom stereocenters. The van der Waals surface area contributed by atoms with Crippen LogP contribution in [0.4, 0.5) is 5.82 Å². The standard InChI is InChI=1S/C15H14ClN5O5/c16-9-5-19-12(21-15(17)18)8-3-6(1-2-7(8)9)13(24)20-10(14(25)26)4-11(22)23/h1-3,5,10H,4H2,(H,20,24)(H,22,23)(H,25,26)(H4,17,18,19,21)/t10-/m0/s1. The average Bonchev–Trinajstić information content (AvgIpc) is 2.55. The van der Waals surface area contributed by atoms with Crippen LogP contribution in [0.2, 0.25) is 5.02 Å². The molecule has 2 rings (SSSR count). The smallest absolute Gasteiger partial charge is 0.326 e. The molecule has 10 nitrogen and oxygen atoms in total. The molecule has 7 N–H and O–H groups in total. The highest BCUT2D eigenvalue weighted by atomic mass is 35.5. The Morgan fingerprint density at radius 2 is 1.92 bits per heavy atom. The van der Waals surface area contributed by atoms with Gasteiger partial charge in [-0.05, 0) is 12.1 Å². The zero-order chi connectivity index (χ0) is 19.4. The number of halogens is 1. The Hall–Kier alpha value is -3.40. The van der Waals surface area contributed by atoms with Crippen molar-refractivity contribution in [3.05, 3.63) is 35.0 Å². The van der Waals surface area contributed by atoms with Crippen LogP contribution >= 0.6 is 11.6 Å². The molecule has 0 saturated heterocycles. The van der Waals surface area contributed by atoms with Crippen molar-refractivity contribution in [3.8, 4) is 0 Å². The van der Waals surface area contributed by atoms with Crippen LogP contribution in [0.15, 0.2) is 29.4 Å². The molecule has 136 valence electrons. The Bertz CT molecular complexity index is 926. The highest BCUT2D eigenvalue weighted by Crippen LogP contribution is 2.30. The van der Waals surface area contributed by atoms with Crippen LogP contribution < -0.4 is 16.8 Å². The minimum atomic E-state index is -1.58. The van der Waals surface area contributed by atoms with Gasteiger partial charge in [-0.15, -0.1) is 0 Å². The first kappa shape index (κ1) is 18.9. The van der Waals surface area contributed by atoms with Crippen LogP contribution in [0.25, 0.3) is 10.8 Å². The molecular formula is C15H14ClN5O5. The highest BCUT2D eigenvalue weighted by molar-refractivity contribution is 6.35. The molecule has 0 aliphatic rings. The number of carboxylic acid groups (broad SMARTS) is 2. The van der Waals surface area contributed by atoms with Crippen molar-refractivity contribution in [3.63, 3.8) is 0 Å². The topological polar surface area (TPSA) is 181 Å². The van der Waals surface area contributed by atoms with E-state index in [1.807, 2.05) is 0 Å². The number of rotatable bonds is 6. The maximum Gasteiger partial charge on any atom is 0.326 e. The van der Waals surface area contributed by atoms with Gasteiger partial charge in [0.1, 0.15) is 6.04 Å². The van der Waals surface area contributed by atoms with Gasteiger partial charge in [0.2, 0.25) is 0 Å². The molecule has 0 bridgehead atoms. The van der Waals surface area contributed by atoms with Gasteiger partial charge in [0.15, 0.2) is 11.8 Å². The SMILES string of the molecule is NC(N)=Nc1ncc(Cl)c2ccc(C(=O)N[C@@H](CC(=O)O)C(=O)O)cc12. The van der Waals surface area contributed by atoms with E-state index in [1.165, 1.54) is 24.4 Å². The zero-order valence-electron chi connectivity index (χ0n) is 13.1. The van der Waals surface area contributed by atoms with Gasteiger partial charge in [-0.2, -0.15) is 4.99 Å². The van der Waals surface area contributed by atoms with E-state index in [1.54, 1.807) is 0 Å². The van der Waals surface area contributed by atoms with Gasteiger partial charge in [-0.3, -0.25) is 9.59 Å². The van der Waals surface area contributed by atoms with E-state index in [4.69, 9.17) is 33.3 Å². The second-order valence-electron chi connectivity index (χ2n) is 5.19. The van der Waals surface area contributed by atoms with E-state index in [0.717, 1.165) is 0 Å².